The van der Waals surface area contributed by atoms with Gasteiger partial charge in [0.1, 0.15) is 5.52 Å². The first-order chi connectivity index (χ1) is 10.6. The van der Waals surface area contributed by atoms with Crippen molar-refractivity contribution in [1.29, 1.82) is 0 Å². The molecule has 3 rings (SSSR count). The van der Waals surface area contributed by atoms with Gasteiger partial charge in [-0.1, -0.05) is 22.9 Å². The Morgan fingerprint density at radius 1 is 1.09 bits per heavy atom. The number of hydrogen-bond acceptors (Lipinski definition) is 3. The highest BCUT2D eigenvalue weighted by Gasteiger charge is 2.19. The van der Waals surface area contributed by atoms with Crippen molar-refractivity contribution < 1.29 is 14.2 Å². The number of aryl methyl sites for hydroxylation is 2. The van der Waals surface area contributed by atoms with E-state index in [4.69, 9.17) is 4.74 Å². The molecule has 0 unspecified atom stereocenters. The van der Waals surface area contributed by atoms with Gasteiger partial charge in [-0.3, -0.25) is 0 Å². The molecular weight excluding hydrogens is 276 g/mol. The maximum atomic E-state index is 11.9. The number of carbonyl (C=O) groups excluding carboxylic acids is 1. The molecule has 2 aromatic carbocycles. The number of hydrogen-bond donors (Lipinski definition) is 0. The predicted octanol–water partition coefficient (Wildman–Crippen LogP) is 2.86. The molecule has 0 bridgehead atoms. The lowest BCUT2D eigenvalue weighted by Gasteiger charge is -2.05. The molecule has 0 N–H and O–H groups in total. The number of rotatable bonds is 3. The van der Waals surface area contributed by atoms with E-state index in [1.165, 1.54) is 0 Å². The van der Waals surface area contributed by atoms with Crippen molar-refractivity contribution in [3.63, 3.8) is 0 Å². The van der Waals surface area contributed by atoms with Crippen LogP contribution in [-0.4, -0.2) is 17.7 Å². The summed E-state index contributed by atoms with van der Waals surface area (Å²) in [5.74, 6) is -0.269. The van der Waals surface area contributed by atoms with E-state index in [2.05, 4.69) is 35.4 Å². The summed E-state index contributed by atoms with van der Waals surface area (Å²) in [5.41, 5.74) is 4.12. The number of nitrogens with zero attached hydrogens (tertiary/aromatic N) is 2. The summed E-state index contributed by atoms with van der Waals surface area (Å²) >= 11 is 0. The number of carbonyl (C=O) groups is 1. The first-order valence-corrected chi connectivity index (χ1v) is 7.45. The van der Waals surface area contributed by atoms with Crippen LogP contribution < -0.4 is 4.68 Å². The Balaban J connectivity index is 2.26. The van der Waals surface area contributed by atoms with Gasteiger partial charge in [0.2, 0.25) is 5.52 Å². The third-order valence-electron chi connectivity index (χ3n) is 3.69. The molecule has 22 heavy (non-hydrogen) atoms. The summed E-state index contributed by atoms with van der Waals surface area (Å²) in [6.07, 6.45) is 0. The molecule has 0 aliphatic carbocycles. The van der Waals surface area contributed by atoms with Crippen molar-refractivity contribution >= 4 is 27.8 Å². The summed E-state index contributed by atoms with van der Waals surface area (Å²) in [5, 5.41) is 6.84. The smallest absolute Gasteiger partial charge is 0.375 e. The molecule has 1 aromatic heterocycles. The normalized spacial score (nSPS) is 11.0. The van der Waals surface area contributed by atoms with Crippen LogP contribution in [0.5, 0.6) is 0 Å². The summed E-state index contributed by atoms with van der Waals surface area (Å²) in [6.45, 7) is 6.38. The Kier molecular flexibility index (Phi) is 3.75. The first-order valence-electron chi connectivity index (χ1n) is 7.45. The second-order valence-electron chi connectivity index (χ2n) is 5.50. The SMILES string of the molecule is CCOC(=O)C[n+]1nc2cc(C)ccc2c2ccc(C)cc21. The van der Waals surface area contributed by atoms with Gasteiger partial charge in [0.15, 0.2) is 0 Å². The van der Waals surface area contributed by atoms with E-state index in [0.29, 0.717) is 6.61 Å². The summed E-state index contributed by atoms with van der Waals surface area (Å²) in [7, 11) is 0. The fraction of sp³-hybridized carbons (Fsp3) is 0.278. The van der Waals surface area contributed by atoms with Crippen molar-refractivity contribution in [2.24, 2.45) is 0 Å². The number of fused-ring (bicyclic) bond motifs is 3. The number of aromatic nitrogens is 2. The van der Waals surface area contributed by atoms with Crippen LogP contribution in [0.25, 0.3) is 21.8 Å². The Hall–Kier alpha value is -2.49. The molecule has 0 atom stereocenters. The van der Waals surface area contributed by atoms with Crippen LogP contribution in [-0.2, 0) is 16.1 Å². The van der Waals surface area contributed by atoms with Gasteiger partial charge >= 0.3 is 5.97 Å². The first kappa shape index (κ1) is 14.4. The average molecular weight is 295 g/mol. The van der Waals surface area contributed by atoms with Gasteiger partial charge in [-0.2, -0.15) is 0 Å². The highest BCUT2D eigenvalue weighted by molar-refractivity contribution is 6.02. The molecule has 3 aromatic rings. The number of benzene rings is 2. The molecule has 1 heterocycles. The lowest BCUT2D eigenvalue weighted by Crippen LogP contribution is -2.43. The largest absolute Gasteiger partial charge is 0.461 e. The van der Waals surface area contributed by atoms with Gasteiger partial charge in [-0.05, 0) is 44.0 Å². The van der Waals surface area contributed by atoms with Crippen molar-refractivity contribution in [2.75, 3.05) is 6.61 Å². The van der Waals surface area contributed by atoms with Crippen LogP contribution in [0.1, 0.15) is 18.1 Å². The van der Waals surface area contributed by atoms with Gasteiger partial charge in [-0.25, -0.2) is 4.79 Å². The maximum absolute atomic E-state index is 11.9. The molecule has 0 spiro atoms. The summed E-state index contributed by atoms with van der Waals surface area (Å²) in [6, 6.07) is 12.4. The van der Waals surface area contributed by atoms with Crippen LogP contribution in [0, 0.1) is 13.8 Å². The van der Waals surface area contributed by atoms with Crippen LogP contribution in [0.3, 0.4) is 0 Å². The zero-order chi connectivity index (χ0) is 15.7. The van der Waals surface area contributed by atoms with Crippen molar-refractivity contribution in [2.45, 2.75) is 27.3 Å². The quantitative estimate of drug-likeness (QED) is 0.424. The lowest BCUT2D eigenvalue weighted by molar-refractivity contribution is -0.716. The van der Waals surface area contributed by atoms with Gasteiger partial charge in [-0.15, -0.1) is 0 Å². The Morgan fingerprint density at radius 3 is 2.50 bits per heavy atom. The maximum Gasteiger partial charge on any atom is 0.375 e. The van der Waals surface area contributed by atoms with E-state index in [9.17, 15) is 4.79 Å². The minimum absolute atomic E-state index is 0.123. The van der Waals surface area contributed by atoms with E-state index >= 15 is 0 Å². The zero-order valence-corrected chi connectivity index (χ0v) is 13.1. The molecule has 0 amide bonds. The van der Waals surface area contributed by atoms with E-state index in [-0.39, 0.29) is 12.5 Å². The van der Waals surface area contributed by atoms with E-state index in [1.54, 1.807) is 4.68 Å². The molecule has 0 saturated heterocycles. The highest BCUT2D eigenvalue weighted by Crippen LogP contribution is 2.22. The van der Waals surface area contributed by atoms with Crippen LogP contribution in [0.4, 0.5) is 0 Å². The Morgan fingerprint density at radius 2 is 1.77 bits per heavy atom. The summed E-state index contributed by atoms with van der Waals surface area (Å²) in [4.78, 5) is 11.9. The topological polar surface area (TPSA) is 43.1 Å². The van der Waals surface area contributed by atoms with Crippen LogP contribution >= 0.6 is 0 Å². The standard InChI is InChI=1S/C18H19N2O2/c1-4-22-18(21)11-20-17-10-13(3)6-8-15(17)14-7-5-12(2)9-16(14)19-20/h5-10H,4,11H2,1-3H3/q+1. The van der Waals surface area contributed by atoms with E-state index in [0.717, 1.165) is 32.9 Å². The van der Waals surface area contributed by atoms with Crippen molar-refractivity contribution in [3.8, 4) is 0 Å². The molecule has 0 radical (unpaired) electrons. The molecule has 0 saturated carbocycles. The van der Waals surface area contributed by atoms with E-state index in [1.807, 2.05) is 26.8 Å². The van der Waals surface area contributed by atoms with Gasteiger partial charge in [0, 0.05) is 16.6 Å². The molecule has 4 nitrogen and oxygen atoms in total. The zero-order valence-electron chi connectivity index (χ0n) is 13.1. The van der Waals surface area contributed by atoms with Crippen LogP contribution in [0.2, 0.25) is 0 Å². The molecule has 4 heteroatoms. The molecule has 0 aliphatic heterocycles. The second kappa shape index (κ2) is 5.72. The minimum Gasteiger partial charge on any atom is -0.461 e. The fourth-order valence-corrected chi connectivity index (χ4v) is 2.67. The van der Waals surface area contributed by atoms with Gasteiger partial charge in [0.25, 0.3) is 6.54 Å². The third kappa shape index (κ3) is 2.64. The van der Waals surface area contributed by atoms with Crippen molar-refractivity contribution in [3.05, 3.63) is 47.5 Å². The molecule has 112 valence electrons. The third-order valence-corrected chi connectivity index (χ3v) is 3.69. The van der Waals surface area contributed by atoms with Crippen molar-refractivity contribution in [1.82, 2.24) is 5.10 Å². The minimum atomic E-state index is -0.269. The number of esters is 1. The molecule has 0 aliphatic rings. The Labute approximate surface area is 129 Å². The van der Waals surface area contributed by atoms with Gasteiger partial charge in [0.05, 0.1) is 12.0 Å². The molecular formula is C18H19N2O2+. The summed E-state index contributed by atoms with van der Waals surface area (Å²) < 4.78 is 6.80. The Bertz CT molecular complexity index is 872. The lowest BCUT2D eigenvalue weighted by atomic mass is 10.1. The monoisotopic (exact) mass is 295 g/mol. The fourth-order valence-electron chi connectivity index (χ4n) is 2.67. The number of ether oxygens (including phenoxy) is 1. The highest BCUT2D eigenvalue weighted by atomic mass is 16.5. The average Bonchev–Trinajstić information content (AvgIpc) is 2.47. The molecule has 0 fully saturated rings. The van der Waals surface area contributed by atoms with Gasteiger partial charge < -0.3 is 4.74 Å². The second-order valence-corrected chi connectivity index (χ2v) is 5.50. The predicted molar refractivity (Wildman–Crippen MR) is 85.6 cm³/mol. The van der Waals surface area contributed by atoms with E-state index < -0.39 is 0 Å². The van der Waals surface area contributed by atoms with Crippen LogP contribution in [0.15, 0.2) is 36.4 Å².